The number of carbonyl (C=O) groups is 1. The molecule has 1 amide bonds. The fourth-order valence-corrected chi connectivity index (χ4v) is 3.30. The summed E-state index contributed by atoms with van der Waals surface area (Å²) >= 11 is 0. The number of hydrogen-bond acceptors (Lipinski definition) is 3. The SMILES string of the molecule is Cc1cc(C)c(NC(=O)C2CCCN2CCN(C)C)c(C)c1. The molecule has 0 bridgehead atoms. The van der Waals surface area contributed by atoms with Crippen molar-refractivity contribution < 1.29 is 4.79 Å². The van der Waals surface area contributed by atoms with Crippen molar-refractivity contribution in [3.05, 3.63) is 28.8 Å². The van der Waals surface area contributed by atoms with Gasteiger partial charge in [0.25, 0.3) is 0 Å². The second kappa shape index (κ2) is 7.25. The number of anilines is 1. The summed E-state index contributed by atoms with van der Waals surface area (Å²) in [5.74, 6) is 0.145. The number of likely N-dealkylation sites (tertiary alicyclic amines) is 1. The molecule has 0 spiro atoms. The zero-order chi connectivity index (χ0) is 16.3. The van der Waals surface area contributed by atoms with Crippen LogP contribution in [0.2, 0.25) is 0 Å². The Hall–Kier alpha value is -1.39. The third-order valence-corrected chi connectivity index (χ3v) is 4.43. The van der Waals surface area contributed by atoms with Crippen LogP contribution in [-0.2, 0) is 4.79 Å². The second-order valence-electron chi connectivity index (χ2n) is 6.76. The van der Waals surface area contributed by atoms with Crippen molar-refractivity contribution in [2.45, 2.75) is 39.7 Å². The number of nitrogens with one attached hydrogen (secondary N) is 1. The fraction of sp³-hybridized carbons (Fsp3) is 0.611. The van der Waals surface area contributed by atoms with Crippen LogP contribution in [0.5, 0.6) is 0 Å². The van der Waals surface area contributed by atoms with E-state index in [1.54, 1.807) is 0 Å². The Morgan fingerprint density at radius 1 is 1.27 bits per heavy atom. The van der Waals surface area contributed by atoms with E-state index >= 15 is 0 Å². The van der Waals surface area contributed by atoms with Gasteiger partial charge in [-0.3, -0.25) is 9.69 Å². The monoisotopic (exact) mass is 303 g/mol. The third kappa shape index (κ3) is 4.08. The van der Waals surface area contributed by atoms with E-state index in [1.807, 2.05) is 0 Å². The summed E-state index contributed by atoms with van der Waals surface area (Å²) in [5, 5.41) is 3.17. The standard InChI is InChI=1S/C18H29N3O/c1-13-11-14(2)17(15(3)12-13)19-18(22)16-7-6-8-21(16)10-9-20(4)5/h11-12,16H,6-10H2,1-5H3,(H,19,22). The minimum atomic E-state index is 0.0139. The lowest BCUT2D eigenvalue weighted by atomic mass is 10.0. The van der Waals surface area contributed by atoms with Gasteiger partial charge < -0.3 is 10.2 Å². The van der Waals surface area contributed by atoms with Crippen LogP contribution in [0, 0.1) is 20.8 Å². The maximum absolute atomic E-state index is 12.7. The molecule has 22 heavy (non-hydrogen) atoms. The number of benzene rings is 1. The molecule has 4 heteroatoms. The first-order valence-electron chi connectivity index (χ1n) is 8.16. The van der Waals surface area contributed by atoms with E-state index in [-0.39, 0.29) is 11.9 Å². The Balaban J connectivity index is 2.05. The molecule has 0 saturated carbocycles. The van der Waals surface area contributed by atoms with E-state index in [9.17, 15) is 4.79 Å². The summed E-state index contributed by atoms with van der Waals surface area (Å²) in [4.78, 5) is 17.2. The van der Waals surface area contributed by atoms with Crippen LogP contribution in [0.1, 0.15) is 29.5 Å². The summed E-state index contributed by atoms with van der Waals surface area (Å²) < 4.78 is 0. The van der Waals surface area contributed by atoms with Crippen LogP contribution >= 0.6 is 0 Å². The first-order valence-corrected chi connectivity index (χ1v) is 8.16. The van der Waals surface area contributed by atoms with Crippen LogP contribution < -0.4 is 5.32 Å². The van der Waals surface area contributed by atoms with Gasteiger partial charge in [0.2, 0.25) is 5.91 Å². The Bertz CT molecular complexity index is 516. The second-order valence-corrected chi connectivity index (χ2v) is 6.76. The first-order chi connectivity index (χ1) is 10.4. The highest BCUT2D eigenvalue weighted by Crippen LogP contribution is 2.24. The minimum absolute atomic E-state index is 0.0139. The summed E-state index contributed by atoms with van der Waals surface area (Å²) in [7, 11) is 4.15. The maximum atomic E-state index is 12.7. The Labute approximate surface area is 134 Å². The predicted molar refractivity (Wildman–Crippen MR) is 92.4 cm³/mol. The Morgan fingerprint density at radius 3 is 2.50 bits per heavy atom. The van der Waals surface area contributed by atoms with Gasteiger partial charge in [0.1, 0.15) is 0 Å². The van der Waals surface area contributed by atoms with Crippen molar-refractivity contribution in [2.75, 3.05) is 39.0 Å². The van der Waals surface area contributed by atoms with Crippen LogP contribution in [0.4, 0.5) is 5.69 Å². The molecule has 122 valence electrons. The normalized spacial score (nSPS) is 18.9. The maximum Gasteiger partial charge on any atom is 0.241 e. The number of likely N-dealkylation sites (N-methyl/N-ethyl adjacent to an activating group) is 1. The van der Waals surface area contributed by atoms with Gasteiger partial charge in [-0.2, -0.15) is 0 Å². The number of nitrogens with zero attached hydrogens (tertiary/aromatic N) is 2. The van der Waals surface area contributed by atoms with Gasteiger partial charge in [0.05, 0.1) is 6.04 Å². The van der Waals surface area contributed by atoms with Crippen molar-refractivity contribution in [1.29, 1.82) is 0 Å². The quantitative estimate of drug-likeness (QED) is 0.908. The highest BCUT2D eigenvalue weighted by molar-refractivity contribution is 5.96. The molecule has 0 aromatic heterocycles. The molecule has 0 aliphatic carbocycles. The van der Waals surface area contributed by atoms with Gasteiger partial charge in [-0.1, -0.05) is 17.7 Å². The molecule has 1 aliphatic heterocycles. The number of aryl methyl sites for hydroxylation is 3. The molecule has 1 atom stereocenters. The van der Waals surface area contributed by atoms with Crippen molar-refractivity contribution in [1.82, 2.24) is 9.80 Å². The molecule has 1 saturated heterocycles. The van der Waals surface area contributed by atoms with Crippen molar-refractivity contribution >= 4 is 11.6 Å². The van der Waals surface area contributed by atoms with Gasteiger partial charge in [-0.15, -0.1) is 0 Å². The highest BCUT2D eigenvalue weighted by atomic mass is 16.2. The van der Waals surface area contributed by atoms with Crippen molar-refractivity contribution in [2.24, 2.45) is 0 Å². The van der Waals surface area contributed by atoms with E-state index in [0.29, 0.717) is 0 Å². The lowest BCUT2D eigenvalue weighted by Crippen LogP contribution is -2.42. The number of amides is 1. The van der Waals surface area contributed by atoms with Crippen LogP contribution in [0.25, 0.3) is 0 Å². The molecule has 1 heterocycles. The molecule has 2 rings (SSSR count). The lowest BCUT2D eigenvalue weighted by molar-refractivity contribution is -0.120. The van der Waals surface area contributed by atoms with Gasteiger partial charge in [0, 0.05) is 18.8 Å². The summed E-state index contributed by atoms with van der Waals surface area (Å²) in [6.45, 7) is 9.19. The molecule has 4 nitrogen and oxygen atoms in total. The van der Waals surface area contributed by atoms with E-state index in [2.05, 4.69) is 62.1 Å². The lowest BCUT2D eigenvalue weighted by Gasteiger charge is -2.25. The predicted octanol–water partition coefficient (Wildman–Crippen LogP) is 2.58. The molecule has 1 unspecified atom stereocenters. The van der Waals surface area contributed by atoms with Crippen molar-refractivity contribution in [3.8, 4) is 0 Å². The van der Waals surface area contributed by atoms with Crippen LogP contribution in [0.3, 0.4) is 0 Å². The molecular weight excluding hydrogens is 274 g/mol. The number of rotatable bonds is 5. The molecule has 1 aromatic rings. The Kier molecular flexibility index (Phi) is 5.59. The fourth-order valence-electron chi connectivity index (χ4n) is 3.30. The van der Waals surface area contributed by atoms with Gasteiger partial charge in [-0.25, -0.2) is 0 Å². The average Bonchev–Trinajstić information content (AvgIpc) is 2.88. The zero-order valence-corrected chi connectivity index (χ0v) is 14.6. The van der Waals surface area contributed by atoms with Crippen molar-refractivity contribution in [3.63, 3.8) is 0 Å². The largest absolute Gasteiger partial charge is 0.324 e. The minimum Gasteiger partial charge on any atom is -0.324 e. The summed E-state index contributed by atoms with van der Waals surface area (Å²) in [6, 6.07) is 4.27. The zero-order valence-electron chi connectivity index (χ0n) is 14.6. The van der Waals surface area contributed by atoms with E-state index in [4.69, 9.17) is 0 Å². The highest BCUT2D eigenvalue weighted by Gasteiger charge is 2.30. The van der Waals surface area contributed by atoms with Gasteiger partial charge in [-0.05, 0) is 65.4 Å². The van der Waals surface area contributed by atoms with E-state index < -0.39 is 0 Å². The molecule has 1 aliphatic rings. The smallest absolute Gasteiger partial charge is 0.241 e. The van der Waals surface area contributed by atoms with Gasteiger partial charge in [0.15, 0.2) is 0 Å². The molecule has 1 fully saturated rings. The van der Waals surface area contributed by atoms with Crippen LogP contribution in [-0.4, -0.2) is 55.5 Å². The molecule has 1 aromatic carbocycles. The average molecular weight is 303 g/mol. The Morgan fingerprint density at radius 2 is 1.91 bits per heavy atom. The first kappa shape index (κ1) is 17.0. The van der Waals surface area contributed by atoms with Crippen LogP contribution in [0.15, 0.2) is 12.1 Å². The van der Waals surface area contributed by atoms with E-state index in [0.717, 1.165) is 49.3 Å². The number of hydrogen-bond donors (Lipinski definition) is 1. The molecule has 1 N–H and O–H groups in total. The third-order valence-electron chi connectivity index (χ3n) is 4.43. The molecular formula is C18H29N3O. The topological polar surface area (TPSA) is 35.6 Å². The van der Waals surface area contributed by atoms with Gasteiger partial charge >= 0.3 is 0 Å². The number of carbonyl (C=O) groups excluding carboxylic acids is 1. The molecule has 0 radical (unpaired) electrons. The summed E-state index contributed by atoms with van der Waals surface area (Å²) in [5.41, 5.74) is 4.50. The summed E-state index contributed by atoms with van der Waals surface area (Å²) in [6.07, 6.45) is 2.07. The van der Waals surface area contributed by atoms with E-state index in [1.165, 1.54) is 5.56 Å².